The average Bonchev–Trinajstić information content (AvgIpc) is 3.88. The van der Waals surface area contributed by atoms with Gasteiger partial charge < -0.3 is 9.13 Å². The highest BCUT2D eigenvalue weighted by atomic mass is 32.2. The van der Waals surface area contributed by atoms with E-state index < -0.39 is 9.84 Å². The van der Waals surface area contributed by atoms with Crippen molar-refractivity contribution in [3.05, 3.63) is 219 Å². The van der Waals surface area contributed by atoms with Crippen LogP contribution in [0, 0.1) is 0 Å². The lowest BCUT2D eigenvalue weighted by Crippen LogP contribution is -2.03. The standard InChI is InChI=1S/C56H36N6O2S/c63-65(64,47-9-5-45(6-10-47)61-53-13-1-41(37-17-25-57-26-18-37)33-49(53)50-34-42(2-14-54(50)61)38-19-27-58-28-20-38)48-11-7-46(8-12-48)62-55-15-3-43(39-21-29-59-30-22-39)35-51(55)52-36-44(4-16-56(52)62)40-23-31-60-32-24-40/h1-36H. The van der Waals surface area contributed by atoms with Crippen LogP contribution >= 0.6 is 0 Å². The molecule has 0 aliphatic heterocycles. The molecule has 0 amide bonds. The lowest BCUT2D eigenvalue weighted by molar-refractivity contribution is 0.596. The molecular weight excluding hydrogens is 821 g/mol. The Morgan fingerprint density at radius 2 is 0.523 bits per heavy atom. The Balaban J connectivity index is 0.916. The number of aromatic nitrogens is 6. The van der Waals surface area contributed by atoms with Crippen LogP contribution in [0.3, 0.4) is 0 Å². The number of benzene rings is 6. The Bertz CT molecular complexity index is 3410. The number of hydrogen-bond acceptors (Lipinski definition) is 6. The molecule has 0 bridgehead atoms. The minimum Gasteiger partial charge on any atom is -0.309 e. The lowest BCUT2D eigenvalue weighted by Gasteiger charge is -2.12. The molecule has 0 radical (unpaired) electrons. The second-order valence-corrected chi connectivity index (χ2v) is 18.0. The van der Waals surface area contributed by atoms with Crippen molar-refractivity contribution in [2.75, 3.05) is 0 Å². The first-order valence-electron chi connectivity index (χ1n) is 21.2. The molecule has 0 aliphatic rings. The van der Waals surface area contributed by atoms with Gasteiger partial charge in [0.2, 0.25) is 9.84 Å². The highest BCUT2D eigenvalue weighted by Crippen LogP contribution is 2.40. The van der Waals surface area contributed by atoms with Gasteiger partial charge in [-0.2, -0.15) is 0 Å². The average molecular weight is 857 g/mol. The van der Waals surface area contributed by atoms with Crippen molar-refractivity contribution in [1.29, 1.82) is 0 Å². The summed E-state index contributed by atoms with van der Waals surface area (Å²) in [5.74, 6) is 0. The maximum atomic E-state index is 14.3. The van der Waals surface area contributed by atoms with Crippen molar-refractivity contribution in [3.8, 4) is 55.9 Å². The van der Waals surface area contributed by atoms with E-state index >= 15 is 0 Å². The molecule has 0 unspecified atom stereocenters. The van der Waals surface area contributed by atoms with Crippen molar-refractivity contribution >= 4 is 53.4 Å². The van der Waals surface area contributed by atoms with Gasteiger partial charge in [0, 0.05) is 82.5 Å². The minimum absolute atomic E-state index is 0.221. The topological polar surface area (TPSA) is 95.6 Å². The van der Waals surface area contributed by atoms with E-state index in [1.807, 2.05) is 72.8 Å². The summed E-state index contributed by atoms with van der Waals surface area (Å²) in [4.78, 5) is 17.3. The molecule has 12 rings (SSSR count). The molecule has 12 aromatic rings. The number of sulfone groups is 1. The van der Waals surface area contributed by atoms with E-state index in [0.717, 1.165) is 99.5 Å². The number of fused-ring (bicyclic) bond motifs is 6. The summed E-state index contributed by atoms with van der Waals surface area (Å²) in [6.07, 6.45) is 14.4. The molecule has 6 aromatic heterocycles. The smallest absolute Gasteiger partial charge is 0.206 e. The van der Waals surface area contributed by atoms with Crippen LogP contribution in [0.4, 0.5) is 0 Å². The van der Waals surface area contributed by atoms with Crippen molar-refractivity contribution in [3.63, 3.8) is 0 Å². The quantitative estimate of drug-likeness (QED) is 0.151. The molecule has 0 N–H and O–H groups in total. The van der Waals surface area contributed by atoms with Gasteiger partial charge in [-0.05, 0) is 190 Å². The first-order valence-corrected chi connectivity index (χ1v) is 22.7. The molecule has 0 saturated carbocycles. The fourth-order valence-electron chi connectivity index (χ4n) is 9.18. The van der Waals surface area contributed by atoms with E-state index in [1.165, 1.54) is 0 Å². The van der Waals surface area contributed by atoms with Gasteiger partial charge in [-0.3, -0.25) is 19.9 Å². The molecule has 0 fully saturated rings. The molecule has 65 heavy (non-hydrogen) atoms. The van der Waals surface area contributed by atoms with Gasteiger partial charge in [-0.25, -0.2) is 8.42 Å². The molecule has 6 heterocycles. The van der Waals surface area contributed by atoms with E-state index in [9.17, 15) is 8.42 Å². The van der Waals surface area contributed by atoms with Gasteiger partial charge in [-0.15, -0.1) is 0 Å². The molecule has 9 heteroatoms. The highest BCUT2D eigenvalue weighted by Gasteiger charge is 2.21. The van der Waals surface area contributed by atoms with Crippen LogP contribution < -0.4 is 0 Å². The van der Waals surface area contributed by atoms with Crippen LogP contribution in [-0.2, 0) is 9.84 Å². The van der Waals surface area contributed by atoms with Gasteiger partial charge >= 0.3 is 0 Å². The van der Waals surface area contributed by atoms with Crippen LogP contribution in [0.2, 0.25) is 0 Å². The van der Waals surface area contributed by atoms with Gasteiger partial charge in [0.25, 0.3) is 0 Å². The Hall–Kier alpha value is -8.53. The monoisotopic (exact) mass is 856 g/mol. The zero-order valence-electron chi connectivity index (χ0n) is 34.7. The van der Waals surface area contributed by atoms with E-state index in [0.29, 0.717) is 0 Å². The van der Waals surface area contributed by atoms with Crippen LogP contribution in [0.25, 0.3) is 99.5 Å². The summed E-state index contributed by atoms with van der Waals surface area (Å²) in [5.41, 5.74) is 14.5. The van der Waals surface area contributed by atoms with Crippen molar-refractivity contribution in [1.82, 2.24) is 29.1 Å². The Kier molecular flexibility index (Phi) is 9.03. The van der Waals surface area contributed by atoms with Crippen LogP contribution in [-0.4, -0.2) is 37.5 Å². The number of pyridine rings is 4. The van der Waals surface area contributed by atoms with Gasteiger partial charge in [0.15, 0.2) is 0 Å². The zero-order valence-corrected chi connectivity index (χ0v) is 35.5. The summed E-state index contributed by atoms with van der Waals surface area (Å²) in [6, 6.07) is 56.5. The third-order valence-electron chi connectivity index (χ3n) is 12.4. The van der Waals surface area contributed by atoms with Crippen molar-refractivity contribution in [2.24, 2.45) is 0 Å². The molecule has 0 atom stereocenters. The van der Waals surface area contributed by atoms with E-state index in [4.69, 9.17) is 0 Å². The first kappa shape index (κ1) is 38.2. The van der Waals surface area contributed by atoms with Crippen LogP contribution in [0.1, 0.15) is 0 Å². The fraction of sp³-hybridized carbons (Fsp3) is 0. The third kappa shape index (κ3) is 6.56. The van der Waals surface area contributed by atoms with Crippen LogP contribution in [0.5, 0.6) is 0 Å². The van der Waals surface area contributed by atoms with E-state index in [2.05, 4.69) is 102 Å². The van der Waals surface area contributed by atoms with Gasteiger partial charge in [0.05, 0.1) is 31.9 Å². The number of rotatable bonds is 8. The molecular formula is C56H36N6O2S. The highest BCUT2D eigenvalue weighted by molar-refractivity contribution is 7.91. The summed E-state index contributed by atoms with van der Waals surface area (Å²) >= 11 is 0. The molecule has 6 aromatic carbocycles. The van der Waals surface area contributed by atoms with Crippen LogP contribution in [0.15, 0.2) is 229 Å². The second-order valence-electron chi connectivity index (χ2n) is 16.0. The summed E-state index contributed by atoms with van der Waals surface area (Å²) in [7, 11) is -3.86. The Labute approximate surface area is 374 Å². The predicted octanol–water partition coefficient (Wildman–Crippen LogP) is 13.0. The van der Waals surface area contributed by atoms with Gasteiger partial charge in [0.1, 0.15) is 0 Å². The fourth-order valence-corrected chi connectivity index (χ4v) is 10.4. The maximum Gasteiger partial charge on any atom is 0.206 e. The molecule has 8 nitrogen and oxygen atoms in total. The first-order chi connectivity index (χ1) is 32.0. The summed E-state index contributed by atoms with van der Waals surface area (Å²) < 4.78 is 33.1. The zero-order chi connectivity index (χ0) is 43.5. The lowest BCUT2D eigenvalue weighted by atomic mass is 10.0. The van der Waals surface area contributed by atoms with E-state index in [-0.39, 0.29) is 9.79 Å². The van der Waals surface area contributed by atoms with Crippen molar-refractivity contribution < 1.29 is 8.42 Å². The Morgan fingerprint density at radius 3 is 0.769 bits per heavy atom. The largest absolute Gasteiger partial charge is 0.309 e. The number of nitrogens with zero attached hydrogens (tertiary/aromatic N) is 6. The van der Waals surface area contributed by atoms with Crippen molar-refractivity contribution in [2.45, 2.75) is 9.79 Å². The molecule has 308 valence electrons. The summed E-state index contributed by atoms with van der Waals surface area (Å²) in [6.45, 7) is 0. The molecule has 0 spiro atoms. The number of hydrogen-bond donors (Lipinski definition) is 0. The summed E-state index contributed by atoms with van der Waals surface area (Å²) in [5, 5.41) is 4.37. The maximum absolute atomic E-state index is 14.3. The molecule has 0 aliphatic carbocycles. The van der Waals surface area contributed by atoms with Gasteiger partial charge in [-0.1, -0.05) is 24.3 Å². The Morgan fingerprint density at radius 1 is 0.277 bits per heavy atom. The second kappa shape index (κ2) is 15.4. The normalized spacial score (nSPS) is 11.8. The minimum atomic E-state index is -3.86. The van der Waals surface area contributed by atoms with E-state index in [1.54, 1.807) is 73.8 Å². The third-order valence-corrected chi connectivity index (χ3v) is 14.2. The predicted molar refractivity (Wildman–Crippen MR) is 260 cm³/mol. The SMILES string of the molecule is O=S(=O)(c1ccc(-n2c3ccc(-c4ccncc4)cc3c3cc(-c4ccncc4)ccc32)cc1)c1ccc(-n2c3ccc(-c4ccncc4)cc3c3cc(-c4ccncc4)ccc32)cc1. The molecule has 0 saturated heterocycles.